The summed E-state index contributed by atoms with van der Waals surface area (Å²) in [5.74, 6) is 1.81. The van der Waals surface area contributed by atoms with E-state index in [-0.39, 0.29) is 5.56 Å². The van der Waals surface area contributed by atoms with Gasteiger partial charge in [-0.15, -0.1) is 16.4 Å². The van der Waals surface area contributed by atoms with Crippen LogP contribution in [0.2, 0.25) is 0 Å². The highest BCUT2D eigenvalue weighted by Gasteiger charge is 2.27. The van der Waals surface area contributed by atoms with Crippen LogP contribution in [0.5, 0.6) is 0 Å². The number of imidazole rings is 1. The normalized spacial score (nSPS) is 14.6. The molecular formula is C20H19N5OS. The van der Waals surface area contributed by atoms with Crippen molar-refractivity contribution >= 4 is 16.9 Å². The molecule has 0 aliphatic heterocycles. The number of hydrogen-bond donors (Lipinski definition) is 1. The van der Waals surface area contributed by atoms with Gasteiger partial charge in [-0.3, -0.25) is 4.79 Å². The highest BCUT2D eigenvalue weighted by Crippen LogP contribution is 2.36. The summed E-state index contributed by atoms with van der Waals surface area (Å²) in [5.41, 5.74) is 2.98. The fraction of sp³-hybridized carbons (Fsp3) is 0.300. The van der Waals surface area contributed by atoms with Crippen LogP contribution in [0.1, 0.15) is 43.6 Å². The lowest BCUT2D eigenvalue weighted by molar-refractivity contribution is 0.395. The Hall–Kier alpha value is -2.80. The van der Waals surface area contributed by atoms with Crippen molar-refractivity contribution in [1.82, 2.24) is 24.6 Å². The second kappa shape index (κ2) is 6.42. The molecule has 4 aromatic rings. The maximum absolute atomic E-state index is 12.8. The van der Waals surface area contributed by atoms with Crippen LogP contribution in [0.25, 0.3) is 27.6 Å². The van der Waals surface area contributed by atoms with E-state index in [0.29, 0.717) is 23.0 Å². The van der Waals surface area contributed by atoms with Crippen molar-refractivity contribution < 1.29 is 0 Å². The predicted molar refractivity (Wildman–Crippen MR) is 106 cm³/mol. The molecule has 0 spiro atoms. The number of nitrogens with one attached hydrogen (secondary N) is 1. The van der Waals surface area contributed by atoms with Gasteiger partial charge in [0.2, 0.25) is 0 Å². The maximum atomic E-state index is 12.8. The summed E-state index contributed by atoms with van der Waals surface area (Å²) in [6.07, 6.45) is 4.15. The first-order valence-electron chi connectivity index (χ1n) is 9.27. The number of hydrogen-bond acceptors (Lipinski definition) is 5. The van der Waals surface area contributed by atoms with Gasteiger partial charge in [0.1, 0.15) is 16.5 Å². The molecule has 27 heavy (non-hydrogen) atoms. The Morgan fingerprint density at radius 3 is 2.74 bits per heavy atom. The molecule has 7 heteroatoms. The number of aryl methyl sites for hydroxylation is 1. The van der Waals surface area contributed by atoms with E-state index < -0.39 is 0 Å². The van der Waals surface area contributed by atoms with Gasteiger partial charge in [-0.2, -0.15) is 0 Å². The van der Waals surface area contributed by atoms with E-state index in [9.17, 15) is 4.79 Å². The third-order valence-corrected chi connectivity index (χ3v) is 6.06. The Balaban J connectivity index is 1.64. The van der Waals surface area contributed by atoms with E-state index in [0.717, 1.165) is 41.4 Å². The number of H-pyrrole nitrogens is 1. The van der Waals surface area contributed by atoms with Crippen LogP contribution in [-0.4, -0.2) is 24.6 Å². The van der Waals surface area contributed by atoms with Gasteiger partial charge in [-0.05, 0) is 19.3 Å². The fourth-order valence-corrected chi connectivity index (χ4v) is 4.29. The Morgan fingerprint density at radius 1 is 1.22 bits per heavy atom. The summed E-state index contributed by atoms with van der Waals surface area (Å²) in [6.45, 7) is 2.02. The molecule has 6 nitrogen and oxygen atoms in total. The van der Waals surface area contributed by atoms with Crippen LogP contribution < -0.4 is 5.56 Å². The highest BCUT2D eigenvalue weighted by atomic mass is 32.1. The average Bonchev–Trinajstić information content (AvgIpc) is 3.27. The molecule has 1 aliphatic rings. The first kappa shape index (κ1) is 16.4. The lowest BCUT2D eigenvalue weighted by Gasteiger charge is -2.23. The van der Waals surface area contributed by atoms with Crippen LogP contribution in [0, 0.1) is 0 Å². The van der Waals surface area contributed by atoms with Crippen molar-refractivity contribution in [2.75, 3.05) is 0 Å². The van der Waals surface area contributed by atoms with Crippen molar-refractivity contribution in [2.24, 2.45) is 0 Å². The van der Waals surface area contributed by atoms with Crippen molar-refractivity contribution in [3.8, 4) is 22.1 Å². The molecule has 0 amide bonds. The number of nitrogens with zero attached hydrogens (tertiary/aromatic N) is 4. The van der Waals surface area contributed by atoms with E-state index >= 15 is 0 Å². The molecule has 0 unspecified atom stereocenters. The van der Waals surface area contributed by atoms with E-state index in [2.05, 4.69) is 9.97 Å². The SMILES string of the molecule is CCc1nc(C2CCC2)n2nc(-c3csc(-c4ccccc4)n3)[nH]c(=O)c12. The van der Waals surface area contributed by atoms with E-state index in [1.165, 1.54) is 6.42 Å². The van der Waals surface area contributed by atoms with Gasteiger partial charge in [0.25, 0.3) is 5.56 Å². The largest absolute Gasteiger partial charge is 0.302 e. The molecule has 1 aliphatic carbocycles. The molecule has 136 valence electrons. The molecule has 0 saturated heterocycles. The number of aromatic nitrogens is 5. The first-order chi connectivity index (χ1) is 13.2. The van der Waals surface area contributed by atoms with Crippen molar-refractivity contribution in [3.63, 3.8) is 0 Å². The second-order valence-corrected chi connectivity index (χ2v) is 7.72. The molecule has 1 N–H and O–H groups in total. The lowest BCUT2D eigenvalue weighted by atomic mass is 9.85. The summed E-state index contributed by atoms with van der Waals surface area (Å²) >= 11 is 1.55. The Kier molecular flexibility index (Phi) is 3.89. The van der Waals surface area contributed by atoms with Gasteiger partial charge < -0.3 is 4.98 Å². The Labute approximate surface area is 159 Å². The number of rotatable bonds is 4. The van der Waals surface area contributed by atoms with Crippen LogP contribution in [0.3, 0.4) is 0 Å². The molecule has 1 saturated carbocycles. The third kappa shape index (κ3) is 2.70. The fourth-order valence-electron chi connectivity index (χ4n) is 3.48. The van der Waals surface area contributed by atoms with Gasteiger partial charge in [-0.25, -0.2) is 14.5 Å². The van der Waals surface area contributed by atoms with Gasteiger partial charge in [0, 0.05) is 16.9 Å². The minimum Gasteiger partial charge on any atom is -0.302 e. The van der Waals surface area contributed by atoms with E-state index in [4.69, 9.17) is 10.1 Å². The molecule has 3 heterocycles. The molecule has 0 bridgehead atoms. The summed E-state index contributed by atoms with van der Waals surface area (Å²) in [4.78, 5) is 25.1. The first-order valence-corrected chi connectivity index (χ1v) is 10.2. The maximum Gasteiger partial charge on any atom is 0.277 e. The average molecular weight is 377 g/mol. The van der Waals surface area contributed by atoms with E-state index in [1.807, 2.05) is 42.6 Å². The number of aromatic amines is 1. The molecule has 1 fully saturated rings. The Bertz CT molecular complexity index is 1170. The minimum absolute atomic E-state index is 0.149. The summed E-state index contributed by atoms with van der Waals surface area (Å²) in [5, 5.41) is 7.57. The number of thiazole rings is 1. The molecular weight excluding hydrogens is 358 g/mol. The quantitative estimate of drug-likeness (QED) is 0.582. The van der Waals surface area contributed by atoms with Gasteiger partial charge in [-0.1, -0.05) is 43.7 Å². The van der Waals surface area contributed by atoms with Crippen LogP contribution in [0.15, 0.2) is 40.5 Å². The van der Waals surface area contributed by atoms with Crippen molar-refractivity contribution in [1.29, 1.82) is 0 Å². The summed E-state index contributed by atoms with van der Waals surface area (Å²) < 4.78 is 1.76. The monoisotopic (exact) mass is 377 g/mol. The molecule has 0 radical (unpaired) electrons. The molecule has 3 aromatic heterocycles. The number of fused-ring (bicyclic) bond motifs is 1. The van der Waals surface area contributed by atoms with Gasteiger partial charge in [0.05, 0.1) is 5.69 Å². The number of benzene rings is 1. The lowest BCUT2D eigenvalue weighted by Crippen LogP contribution is -2.18. The topological polar surface area (TPSA) is 75.9 Å². The highest BCUT2D eigenvalue weighted by molar-refractivity contribution is 7.13. The second-order valence-electron chi connectivity index (χ2n) is 6.87. The smallest absolute Gasteiger partial charge is 0.277 e. The molecule has 5 rings (SSSR count). The molecule has 0 atom stereocenters. The minimum atomic E-state index is -0.149. The Morgan fingerprint density at radius 2 is 2.04 bits per heavy atom. The molecule has 1 aromatic carbocycles. The summed E-state index contributed by atoms with van der Waals surface area (Å²) in [7, 11) is 0. The van der Waals surface area contributed by atoms with Gasteiger partial charge >= 0.3 is 0 Å². The van der Waals surface area contributed by atoms with Crippen LogP contribution >= 0.6 is 11.3 Å². The zero-order valence-electron chi connectivity index (χ0n) is 15.0. The standard InChI is InChI=1S/C20H19N5OS/c1-2-14-16-19(26)23-17(24-25(16)18(21-14)12-9-6-10-12)15-11-27-20(22-15)13-7-4-3-5-8-13/h3-5,7-8,11-12H,2,6,9-10H2,1H3,(H,23,24,26). The van der Waals surface area contributed by atoms with Crippen molar-refractivity contribution in [2.45, 2.75) is 38.5 Å². The van der Waals surface area contributed by atoms with E-state index in [1.54, 1.807) is 15.9 Å². The van der Waals surface area contributed by atoms with Crippen LogP contribution in [0.4, 0.5) is 0 Å². The zero-order valence-corrected chi connectivity index (χ0v) is 15.8. The predicted octanol–water partition coefficient (Wildman–Crippen LogP) is 4.04. The third-order valence-electron chi connectivity index (χ3n) is 5.17. The van der Waals surface area contributed by atoms with Gasteiger partial charge in [0.15, 0.2) is 11.3 Å². The van der Waals surface area contributed by atoms with Crippen LogP contribution in [-0.2, 0) is 6.42 Å². The van der Waals surface area contributed by atoms with Crippen molar-refractivity contribution in [3.05, 3.63) is 57.6 Å². The summed E-state index contributed by atoms with van der Waals surface area (Å²) in [6, 6.07) is 10.0. The zero-order chi connectivity index (χ0) is 18.4.